The van der Waals surface area contributed by atoms with Gasteiger partial charge in [0, 0.05) is 22.6 Å². The Balaban J connectivity index is 1.68. The summed E-state index contributed by atoms with van der Waals surface area (Å²) in [6, 6.07) is 21.1. The summed E-state index contributed by atoms with van der Waals surface area (Å²) in [6.07, 6.45) is 0.266. The maximum absolute atomic E-state index is 14.0. The second-order valence-electron chi connectivity index (χ2n) is 7.10. The molecule has 2 heterocycles. The van der Waals surface area contributed by atoms with Crippen LogP contribution in [0.15, 0.2) is 78.4 Å². The first kappa shape index (κ1) is 18.7. The Hall–Kier alpha value is -3.28. The van der Waals surface area contributed by atoms with E-state index < -0.39 is 11.8 Å². The lowest BCUT2D eigenvalue weighted by molar-refractivity contribution is -0.209. The van der Waals surface area contributed by atoms with E-state index in [0.29, 0.717) is 33.2 Å². The van der Waals surface area contributed by atoms with Crippen molar-refractivity contribution in [3.8, 4) is 11.5 Å². The van der Waals surface area contributed by atoms with Crippen molar-refractivity contribution >= 4 is 23.1 Å². The van der Waals surface area contributed by atoms with Crippen molar-refractivity contribution in [2.24, 2.45) is 0 Å². The van der Waals surface area contributed by atoms with Crippen LogP contribution in [0.3, 0.4) is 0 Å². The number of carbonyl (C=O) groups is 1. The molecule has 6 heteroatoms. The molecule has 0 amide bonds. The lowest BCUT2D eigenvalue weighted by Gasteiger charge is -2.23. The molecule has 0 N–H and O–H groups in total. The monoisotopic (exact) mass is 419 g/mol. The zero-order chi connectivity index (χ0) is 20.7. The zero-order valence-corrected chi connectivity index (χ0v) is 16.5. The van der Waals surface area contributed by atoms with E-state index in [4.69, 9.17) is 25.8 Å². The van der Waals surface area contributed by atoms with Gasteiger partial charge in [-0.3, -0.25) is 0 Å². The van der Waals surface area contributed by atoms with E-state index in [-0.39, 0.29) is 18.8 Å². The molecular formula is C24H16ClO5. The quantitative estimate of drug-likeness (QED) is 0.564. The number of hydrogen-bond donors (Lipinski definition) is 0. The average Bonchev–Trinajstić information content (AvgIpc) is 3.31. The Bertz CT molecular complexity index is 1150. The molecule has 0 aliphatic carbocycles. The van der Waals surface area contributed by atoms with Crippen molar-refractivity contribution in [2.45, 2.75) is 12.2 Å². The summed E-state index contributed by atoms with van der Waals surface area (Å²) in [6.45, 7) is 0.120. The van der Waals surface area contributed by atoms with E-state index in [1.807, 2.05) is 30.3 Å². The predicted molar refractivity (Wildman–Crippen MR) is 110 cm³/mol. The highest BCUT2D eigenvalue weighted by Gasteiger charge is 2.49. The Morgan fingerprint density at radius 1 is 0.900 bits per heavy atom. The van der Waals surface area contributed by atoms with E-state index in [1.165, 1.54) is 0 Å². The van der Waals surface area contributed by atoms with Crippen LogP contribution in [0.2, 0.25) is 5.02 Å². The van der Waals surface area contributed by atoms with E-state index in [1.54, 1.807) is 42.5 Å². The van der Waals surface area contributed by atoms with Gasteiger partial charge in [0.25, 0.3) is 5.79 Å². The van der Waals surface area contributed by atoms with Crippen molar-refractivity contribution in [1.82, 2.24) is 0 Å². The molecule has 0 bridgehead atoms. The second kappa shape index (κ2) is 7.20. The van der Waals surface area contributed by atoms with Gasteiger partial charge in [-0.05, 0) is 35.4 Å². The van der Waals surface area contributed by atoms with Crippen LogP contribution < -0.4 is 9.47 Å². The van der Waals surface area contributed by atoms with Gasteiger partial charge in [0.2, 0.25) is 6.79 Å². The highest BCUT2D eigenvalue weighted by Crippen LogP contribution is 2.46. The first-order chi connectivity index (χ1) is 14.5. The van der Waals surface area contributed by atoms with E-state index in [9.17, 15) is 9.90 Å². The van der Waals surface area contributed by atoms with Gasteiger partial charge in [0.05, 0.1) is 5.57 Å². The number of cyclic esters (lactones) is 1. The van der Waals surface area contributed by atoms with Crippen LogP contribution in [0, 0.1) is 0 Å². The van der Waals surface area contributed by atoms with Crippen molar-refractivity contribution in [3.63, 3.8) is 0 Å². The molecule has 1 radical (unpaired) electrons. The highest BCUT2D eigenvalue weighted by molar-refractivity contribution is 6.30. The van der Waals surface area contributed by atoms with Gasteiger partial charge in [0.15, 0.2) is 11.5 Å². The predicted octanol–water partition coefficient (Wildman–Crippen LogP) is 4.91. The fourth-order valence-corrected chi connectivity index (χ4v) is 3.91. The van der Waals surface area contributed by atoms with Crippen molar-refractivity contribution in [2.75, 3.05) is 6.79 Å². The van der Waals surface area contributed by atoms with Gasteiger partial charge in [0.1, 0.15) is 0 Å². The highest BCUT2D eigenvalue weighted by atomic mass is 35.5. The number of fused-ring (bicyclic) bond motifs is 1. The maximum atomic E-state index is 14.0. The fourth-order valence-electron chi connectivity index (χ4n) is 3.78. The first-order valence-corrected chi connectivity index (χ1v) is 9.80. The molecule has 3 aromatic rings. The number of hydrogen-bond acceptors (Lipinski definition) is 4. The summed E-state index contributed by atoms with van der Waals surface area (Å²) in [5.74, 6) is -1.68. The van der Waals surface area contributed by atoms with Gasteiger partial charge in [-0.25, -0.2) is 4.79 Å². The molecule has 5 nitrogen and oxygen atoms in total. The van der Waals surface area contributed by atoms with E-state index in [2.05, 4.69) is 0 Å². The third-order valence-electron chi connectivity index (χ3n) is 5.25. The van der Waals surface area contributed by atoms with E-state index >= 15 is 0 Å². The van der Waals surface area contributed by atoms with Gasteiger partial charge in [-0.2, -0.15) is 5.11 Å². The zero-order valence-electron chi connectivity index (χ0n) is 15.8. The van der Waals surface area contributed by atoms with Crippen LogP contribution >= 0.6 is 11.6 Å². The third kappa shape index (κ3) is 3.12. The number of carbonyl (C=O) groups excluding carboxylic acids is 1. The molecule has 1 atom stereocenters. The molecule has 0 saturated heterocycles. The maximum Gasteiger partial charge on any atom is 0.342 e. The molecule has 3 aromatic carbocycles. The summed E-state index contributed by atoms with van der Waals surface area (Å²) >= 11 is 5.99. The standard InChI is InChI=1S/C24H16ClO5/c25-18-9-7-17(8-10-18)24(27)19(12-15-4-2-1-3-5-15)22(23(26)30-24)16-6-11-20-21(13-16)29-14-28-20/h1-11,13H,12,14H2. The summed E-state index contributed by atoms with van der Waals surface area (Å²) in [4.78, 5) is 13.0. The fraction of sp³-hybridized carbons (Fsp3) is 0.125. The lowest BCUT2D eigenvalue weighted by atomic mass is 9.88. The van der Waals surface area contributed by atoms with Crippen LogP contribution in [0.5, 0.6) is 11.5 Å². The summed E-state index contributed by atoms with van der Waals surface area (Å²) in [7, 11) is 0. The molecule has 0 fully saturated rings. The molecule has 0 aromatic heterocycles. The Kier molecular flexibility index (Phi) is 4.50. The number of ether oxygens (including phenoxy) is 3. The molecule has 2 aliphatic rings. The number of benzene rings is 3. The van der Waals surface area contributed by atoms with Gasteiger partial charge in [-0.1, -0.05) is 60.1 Å². The van der Waals surface area contributed by atoms with Gasteiger partial charge >= 0.3 is 5.97 Å². The molecule has 5 rings (SSSR count). The molecule has 2 aliphatic heterocycles. The number of esters is 1. The average molecular weight is 420 g/mol. The van der Waals surface area contributed by atoms with Crippen molar-refractivity contribution < 1.29 is 24.1 Å². The molecule has 30 heavy (non-hydrogen) atoms. The smallest absolute Gasteiger partial charge is 0.342 e. The summed E-state index contributed by atoms with van der Waals surface area (Å²) < 4.78 is 16.3. The minimum atomic E-state index is -2.15. The molecule has 0 spiro atoms. The SMILES string of the molecule is [O]C1(c2ccc(Cl)cc2)OC(=O)C(c2ccc3c(c2)OCO3)=C1Cc1ccccc1. The normalized spacial score (nSPS) is 19.9. The van der Waals surface area contributed by atoms with Crippen LogP contribution in [0.25, 0.3) is 5.57 Å². The molecule has 149 valence electrons. The van der Waals surface area contributed by atoms with Crippen molar-refractivity contribution in [1.29, 1.82) is 0 Å². The van der Waals surface area contributed by atoms with Crippen molar-refractivity contribution in [3.05, 3.63) is 100 Å². The minimum absolute atomic E-state index is 0.120. The summed E-state index contributed by atoms with van der Waals surface area (Å²) in [5, 5.41) is 14.5. The van der Waals surface area contributed by atoms with Crippen LogP contribution in [0.4, 0.5) is 0 Å². The number of rotatable bonds is 4. The lowest BCUT2D eigenvalue weighted by Crippen LogP contribution is -2.28. The summed E-state index contributed by atoms with van der Waals surface area (Å²) in [5.41, 5.74) is 2.38. The van der Waals surface area contributed by atoms with Gasteiger partial charge in [-0.15, -0.1) is 0 Å². The topological polar surface area (TPSA) is 64.7 Å². The Morgan fingerprint density at radius 3 is 2.40 bits per heavy atom. The Labute approximate surface area is 178 Å². The van der Waals surface area contributed by atoms with Crippen LogP contribution in [0.1, 0.15) is 16.7 Å². The van der Waals surface area contributed by atoms with Crippen LogP contribution in [-0.2, 0) is 26.8 Å². The number of halogens is 1. The largest absolute Gasteiger partial charge is 0.454 e. The first-order valence-electron chi connectivity index (χ1n) is 9.42. The molecule has 1 unspecified atom stereocenters. The molecular weight excluding hydrogens is 404 g/mol. The van der Waals surface area contributed by atoms with Crippen LogP contribution in [-0.4, -0.2) is 12.8 Å². The van der Waals surface area contributed by atoms with Gasteiger partial charge < -0.3 is 14.2 Å². The Morgan fingerprint density at radius 2 is 1.63 bits per heavy atom. The van der Waals surface area contributed by atoms with E-state index in [0.717, 1.165) is 5.56 Å². The second-order valence-corrected chi connectivity index (χ2v) is 7.53. The third-order valence-corrected chi connectivity index (χ3v) is 5.50. The molecule has 0 saturated carbocycles. The minimum Gasteiger partial charge on any atom is -0.454 e.